The van der Waals surface area contributed by atoms with E-state index < -0.39 is 0 Å². The molecule has 0 radical (unpaired) electrons. The van der Waals surface area contributed by atoms with Gasteiger partial charge in [0.05, 0.1) is 4.92 Å². The van der Waals surface area contributed by atoms with Crippen molar-refractivity contribution in [3.05, 3.63) is 33.5 Å². The third kappa shape index (κ3) is 2.38. The molecule has 0 bridgehead atoms. The summed E-state index contributed by atoms with van der Waals surface area (Å²) in [7, 11) is 0. The fourth-order valence-corrected chi connectivity index (χ4v) is 2.62. The molecular weight excluding hydrogens is 280 g/mol. The zero-order valence-electron chi connectivity index (χ0n) is 10.8. The molecule has 3 rings (SSSR count). The molecule has 6 nitrogen and oxygen atoms in total. The van der Waals surface area contributed by atoms with Crippen LogP contribution in [0.15, 0.2) is 18.2 Å². The molecule has 1 aliphatic heterocycles. The molecule has 0 saturated carbocycles. The molecular formula is C13H13ClN4O2. The molecule has 1 saturated heterocycles. The van der Waals surface area contributed by atoms with E-state index in [2.05, 4.69) is 9.97 Å². The van der Waals surface area contributed by atoms with E-state index in [4.69, 9.17) is 11.6 Å². The van der Waals surface area contributed by atoms with Crippen LogP contribution in [0.25, 0.3) is 11.0 Å². The molecule has 104 valence electrons. The number of nitrogens with zero attached hydrogens (tertiary/aromatic N) is 4. The summed E-state index contributed by atoms with van der Waals surface area (Å²) < 4.78 is 0. The quantitative estimate of drug-likeness (QED) is 0.483. The highest BCUT2D eigenvalue weighted by Crippen LogP contribution is 2.31. The van der Waals surface area contributed by atoms with E-state index in [0.29, 0.717) is 22.0 Å². The van der Waals surface area contributed by atoms with Crippen molar-refractivity contribution in [3.63, 3.8) is 0 Å². The van der Waals surface area contributed by atoms with E-state index in [1.165, 1.54) is 6.07 Å². The van der Waals surface area contributed by atoms with Crippen LogP contribution in [0.5, 0.6) is 0 Å². The molecule has 2 aromatic heterocycles. The number of hydrogen-bond acceptors (Lipinski definition) is 5. The Bertz CT molecular complexity index is 671. The summed E-state index contributed by atoms with van der Waals surface area (Å²) in [5.41, 5.74) is 0.479. The first-order valence-corrected chi connectivity index (χ1v) is 6.89. The van der Waals surface area contributed by atoms with Gasteiger partial charge in [-0.15, -0.1) is 0 Å². The summed E-state index contributed by atoms with van der Waals surface area (Å²) in [4.78, 5) is 21.4. The molecule has 0 spiro atoms. The molecule has 20 heavy (non-hydrogen) atoms. The van der Waals surface area contributed by atoms with Gasteiger partial charge in [0.2, 0.25) is 5.82 Å². The van der Waals surface area contributed by atoms with Crippen molar-refractivity contribution in [2.75, 3.05) is 18.0 Å². The van der Waals surface area contributed by atoms with Crippen LogP contribution < -0.4 is 4.90 Å². The number of hydrogen-bond donors (Lipinski definition) is 0. The monoisotopic (exact) mass is 292 g/mol. The van der Waals surface area contributed by atoms with Crippen molar-refractivity contribution in [1.29, 1.82) is 0 Å². The first-order valence-electron chi connectivity index (χ1n) is 6.52. The number of pyridine rings is 2. The lowest BCUT2D eigenvalue weighted by atomic mass is 10.1. The summed E-state index contributed by atoms with van der Waals surface area (Å²) in [6.45, 7) is 1.58. The van der Waals surface area contributed by atoms with Gasteiger partial charge >= 0.3 is 5.69 Å². The van der Waals surface area contributed by atoms with E-state index in [0.717, 1.165) is 32.4 Å². The fourth-order valence-electron chi connectivity index (χ4n) is 2.48. The van der Waals surface area contributed by atoms with Crippen LogP contribution in [0.1, 0.15) is 19.3 Å². The van der Waals surface area contributed by atoms with Crippen molar-refractivity contribution in [2.24, 2.45) is 0 Å². The second-order valence-electron chi connectivity index (χ2n) is 4.82. The zero-order chi connectivity index (χ0) is 14.1. The Morgan fingerprint density at radius 1 is 1.20 bits per heavy atom. The van der Waals surface area contributed by atoms with E-state index in [-0.39, 0.29) is 10.6 Å². The van der Waals surface area contributed by atoms with Gasteiger partial charge in [0, 0.05) is 24.5 Å². The zero-order valence-corrected chi connectivity index (χ0v) is 11.5. The highest BCUT2D eigenvalue weighted by Gasteiger charge is 2.24. The first kappa shape index (κ1) is 13.1. The lowest BCUT2D eigenvalue weighted by Crippen LogP contribution is -2.30. The van der Waals surface area contributed by atoms with Crippen LogP contribution in [0, 0.1) is 10.1 Å². The number of halogens is 1. The third-order valence-electron chi connectivity index (χ3n) is 3.46. The summed E-state index contributed by atoms with van der Waals surface area (Å²) in [5.74, 6) is 0.400. The number of piperidine rings is 1. The molecule has 7 heteroatoms. The lowest BCUT2D eigenvalue weighted by molar-refractivity contribution is -0.384. The maximum atomic E-state index is 11.3. The molecule has 3 heterocycles. The van der Waals surface area contributed by atoms with Gasteiger partial charge in [-0.1, -0.05) is 11.6 Å². The Balaban J connectivity index is 2.16. The van der Waals surface area contributed by atoms with Crippen molar-refractivity contribution in [3.8, 4) is 0 Å². The molecule has 0 atom stereocenters. The largest absolute Gasteiger partial charge is 0.351 e. The second-order valence-corrected chi connectivity index (χ2v) is 5.20. The Labute approximate surface area is 120 Å². The predicted octanol–water partition coefficient (Wildman–Crippen LogP) is 3.18. The summed E-state index contributed by atoms with van der Waals surface area (Å²) in [6, 6.07) is 4.83. The van der Waals surface area contributed by atoms with Gasteiger partial charge in [0.25, 0.3) is 0 Å². The van der Waals surface area contributed by atoms with E-state index in [9.17, 15) is 10.1 Å². The van der Waals surface area contributed by atoms with E-state index in [1.807, 2.05) is 4.90 Å². The predicted molar refractivity (Wildman–Crippen MR) is 77.3 cm³/mol. The summed E-state index contributed by atoms with van der Waals surface area (Å²) >= 11 is 5.86. The maximum Gasteiger partial charge on any atom is 0.312 e. The van der Waals surface area contributed by atoms with Gasteiger partial charge in [-0.25, -0.2) is 9.97 Å². The van der Waals surface area contributed by atoms with E-state index in [1.54, 1.807) is 12.1 Å². The van der Waals surface area contributed by atoms with Gasteiger partial charge in [0.1, 0.15) is 5.15 Å². The van der Waals surface area contributed by atoms with Crippen LogP contribution in [0.4, 0.5) is 11.5 Å². The van der Waals surface area contributed by atoms with Crippen molar-refractivity contribution in [1.82, 2.24) is 9.97 Å². The Morgan fingerprint density at radius 3 is 2.65 bits per heavy atom. The number of anilines is 1. The third-order valence-corrected chi connectivity index (χ3v) is 3.67. The molecule has 0 N–H and O–H groups in total. The minimum Gasteiger partial charge on any atom is -0.351 e. The molecule has 1 aliphatic rings. The summed E-state index contributed by atoms with van der Waals surface area (Å²) in [5, 5.41) is 12.2. The highest BCUT2D eigenvalue weighted by molar-refractivity contribution is 6.29. The van der Waals surface area contributed by atoms with Crippen LogP contribution in [0.2, 0.25) is 5.15 Å². The van der Waals surface area contributed by atoms with Gasteiger partial charge in [-0.3, -0.25) is 10.1 Å². The maximum absolute atomic E-state index is 11.3. The average molecular weight is 293 g/mol. The summed E-state index contributed by atoms with van der Waals surface area (Å²) in [6.07, 6.45) is 3.21. The smallest absolute Gasteiger partial charge is 0.312 e. The van der Waals surface area contributed by atoms with Gasteiger partial charge < -0.3 is 4.90 Å². The Morgan fingerprint density at radius 2 is 1.95 bits per heavy atom. The van der Waals surface area contributed by atoms with Crippen LogP contribution in [-0.2, 0) is 0 Å². The normalized spacial score (nSPS) is 15.6. The molecule has 0 amide bonds. The Hall–Kier alpha value is -1.95. The van der Waals surface area contributed by atoms with Crippen LogP contribution in [0.3, 0.4) is 0 Å². The number of fused-ring (bicyclic) bond motifs is 1. The first-order chi connectivity index (χ1) is 9.65. The SMILES string of the molecule is O=[N+]([O-])c1cc2ccc(Cl)nc2nc1N1CCCCC1. The minimum absolute atomic E-state index is 0.0310. The van der Waals surface area contributed by atoms with Crippen LogP contribution in [-0.4, -0.2) is 28.0 Å². The highest BCUT2D eigenvalue weighted by atomic mass is 35.5. The lowest BCUT2D eigenvalue weighted by Gasteiger charge is -2.27. The number of aromatic nitrogens is 2. The average Bonchev–Trinajstić information content (AvgIpc) is 2.46. The minimum atomic E-state index is -0.384. The number of rotatable bonds is 2. The molecule has 0 aromatic carbocycles. The van der Waals surface area contributed by atoms with E-state index >= 15 is 0 Å². The van der Waals surface area contributed by atoms with Crippen molar-refractivity contribution < 1.29 is 4.92 Å². The second kappa shape index (κ2) is 5.20. The van der Waals surface area contributed by atoms with Crippen molar-refractivity contribution >= 4 is 34.1 Å². The Kier molecular flexibility index (Phi) is 3.40. The van der Waals surface area contributed by atoms with Crippen molar-refractivity contribution in [2.45, 2.75) is 19.3 Å². The standard InChI is InChI=1S/C13H13ClN4O2/c14-11-5-4-9-8-10(18(19)20)13(16-12(9)15-11)17-6-2-1-3-7-17/h4-5,8H,1-3,6-7H2. The molecule has 1 fully saturated rings. The van der Waals surface area contributed by atoms with Gasteiger partial charge in [-0.05, 0) is 31.4 Å². The van der Waals surface area contributed by atoms with Gasteiger partial charge in [0.15, 0.2) is 5.65 Å². The molecule has 0 aliphatic carbocycles. The number of nitro groups is 1. The fraction of sp³-hybridized carbons (Fsp3) is 0.385. The van der Waals surface area contributed by atoms with Crippen LogP contribution >= 0.6 is 11.6 Å². The molecule has 0 unspecified atom stereocenters. The molecule has 2 aromatic rings. The topological polar surface area (TPSA) is 72.2 Å². The van der Waals surface area contributed by atoms with Gasteiger partial charge in [-0.2, -0.15) is 0 Å².